The molecule has 8 heteroatoms. The van der Waals surface area contributed by atoms with Crippen LogP contribution in [0.1, 0.15) is 63.1 Å². The molecule has 0 N–H and O–H groups in total. The normalized spacial score (nSPS) is 12.1. The molecular weight excluding hydrogens is 483 g/mol. The number of nitrogens with zero attached hydrogens (tertiary/aromatic N) is 4. The Hall–Kier alpha value is -3.09. The van der Waals surface area contributed by atoms with Gasteiger partial charge in [0, 0.05) is 5.02 Å². The summed E-state index contributed by atoms with van der Waals surface area (Å²) < 4.78 is 7.48. The van der Waals surface area contributed by atoms with Crippen molar-refractivity contribution in [2.75, 3.05) is 0 Å². The Morgan fingerprint density at radius 1 is 1.00 bits per heavy atom. The lowest BCUT2D eigenvalue weighted by molar-refractivity contribution is 0.0653. The average Bonchev–Trinajstić information content (AvgIpc) is 3.29. The van der Waals surface area contributed by atoms with Crippen molar-refractivity contribution in [1.82, 2.24) is 19.7 Å². The summed E-state index contributed by atoms with van der Waals surface area (Å²) in [5.74, 6) is 0.959. The van der Waals surface area contributed by atoms with Gasteiger partial charge in [0.2, 0.25) is 5.89 Å². The predicted octanol–water partition coefficient (Wildman–Crippen LogP) is 6.86. The summed E-state index contributed by atoms with van der Waals surface area (Å²) in [5, 5.41) is 5.52. The predicted molar refractivity (Wildman–Crippen MR) is 138 cm³/mol. The molecule has 0 radical (unpaired) electrons. The first-order valence-corrected chi connectivity index (χ1v) is 12.2. The van der Waals surface area contributed by atoms with Gasteiger partial charge >= 0.3 is 0 Å². The number of oxazole rings is 1. The van der Waals surface area contributed by atoms with Crippen LogP contribution in [0.2, 0.25) is 10.2 Å². The van der Waals surface area contributed by atoms with Crippen molar-refractivity contribution in [2.45, 2.75) is 53.8 Å². The summed E-state index contributed by atoms with van der Waals surface area (Å²) in [6.07, 6.45) is 0. The molecular formula is C27H28Cl2N4O2. The second kappa shape index (κ2) is 10.3. The second-order valence-electron chi connectivity index (χ2n) is 8.80. The Balaban J connectivity index is 1.69. The molecule has 1 amide bonds. The Bertz CT molecular complexity index is 1320. The van der Waals surface area contributed by atoms with E-state index in [2.05, 4.69) is 10.1 Å². The maximum Gasteiger partial charge on any atom is 0.259 e. The lowest BCUT2D eigenvalue weighted by Gasteiger charge is -2.28. The topological polar surface area (TPSA) is 64.2 Å². The molecule has 0 spiro atoms. The van der Waals surface area contributed by atoms with E-state index in [0.717, 1.165) is 22.6 Å². The first-order chi connectivity index (χ1) is 16.6. The zero-order chi connectivity index (χ0) is 25.3. The van der Waals surface area contributed by atoms with Gasteiger partial charge in [0.25, 0.3) is 5.91 Å². The fraction of sp³-hybridized carbons (Fsp3) is 0.296. The summed E-state index contributed by atoms with van der Waals surface area (Å²) in [7, 11) is 0. The van der Waals surface area contributed by atoms with E-state index >= 15 is 0 Å². The highest BCUT2D eigenvalue weighted by molar-refractivity contribution is 6.33. The van der Waals surface area contributed by atoms with Crippen LogP contribution in [-0.4, -0.2) is 25.6 Å². The first kappa shape index (κ1) is 25.0. The van der Waals surface area contributed by atoms with E-state index in [1.165, 1.54) is 5.56 Å². The first-order valence-electron chi connectivity index (χ1n) is 11.4. The maximum atomic E-state index is 14.0. The Labute approximate surface area is 215 Å². The van der Waals surface area contributed by atoms with Crippen LogP contribution in [0.15, 0.2) is 52.9 Å². The van der Waals surface area contributed by atoms with Crippen molar-refractivity contribution in [3.05, 3.63) is 104 Å². The highest BCUT2D eigenvalue weighted by atomic mass is 35.5. The van der Waals surface area contributed by atoms with Crippen LogP contribution in [0, 0.1) is 27.7 Å². The molecule has 2 aromatic heterocycles. The molecule has 1 unspecified atom stereocenters. The van der Waals surface area contributed by atoms with Gasteiger partial charge in [0.05, 0.1) is 36.1 Å². The van der Waals surface area contributed by atoms with Gasteiger partial charge in [0.15, 0.2) is 0 Å². The van der Waals surface area contributed by atoms with Crippen molar-refractivity contribution in [2.24, 2.45) is 0 Å². The highest BCUT2D eigenvalue weighted by Crippen LogP contribution is 2.30. The van der Waals surface area contributed by atoms with Crippen molar-refractivity contribution in [3.63, 3.8) is 0 Å². The van der Waals surface area contributed by atoms with E-state index in [0.29, 0.717) is 33.9 Å². The standard InChI is InChI=1S/C27H28Cl2N4O2/c1-16-6-8-21(9-7-16)14-33-26(29)25(18(3)31-33)27(34)32(15-24-30-17(2)20(5)35-24)19(4)22-10-12-23(28)13-11-22/h6-13,19H,14-15H2,1-5H3. The van der Waals surface area contributed by atoms with Gasteiger partial charge in [-0.2, -0.15) is 5.10 Å². The summed E-state index contributed by atoms with van der Waals surface area (Å²) >= 11 is 12.8. The van der Waals surface area contributed by atoms with Crippen LogP contribution < -0.4 is 0 Å². The maximum absolute atomic E-state index is 14.0. The lowest BCUT2D eigenvalue weighted by atomic mass is 10.1. The minimum Gasteiger partial charge on any atom is -0.444 e. The zero-order valence-electron chi connectivity index (χ0n) is 20.5. The Kier molecular flexibility index (Phi) is 7.33. The van der Waals surface area contributed by atoms with Gasteiger partial charge < -0.3 is 9.32 Å². The Morgan fingerprint density at radius 3 is 2.26 bits per heavy atom. The minimum absolute atomic E-state index is 0.191. The number of amides is 1. The van der Waals surface area contributed by atoms with Crippen molar-refractivity contribution < 1.29 is 9.21 Å². The molecule has 35 heavy (non-hydrogen) atoms. The second-order valence-corrected chi connectivity index (χ2v) is 9.60. The summed E-state index contributed by atoms with van der Waals surface area (Å²) in [5.41, 5.74) is 4.90. The lowest BCUT2D eigenvalue weighted by Crippen LogP contribution is -2.33. The molecule has 0 saturated carbocycles. The SMILES string of the molecule is Cc1ccc(Cn2nc(C)c(C(=O)N(Cc3nc(C)c(C)o3)C(C)c3ccc(Cl)cc3)c2Cl)cc1. The fourth-order valence-electron chi connectivity index (χ4n) is 3.97. The number of carbonyl (C=O) groups excluding carboxylic acids is 1. The molecule has 4 aromatic rings. The van der Waals surface area contributed by atoms with E-state index in [-0.39, 0.29) is 18.5 Å². The number of aryl methyl sites for hydroxylation is 4. The van der Waals surface area contributed by atoms with Crippen LogP contribution in [0.3, 0.4) is 0 Å². The highest BCUT2D eigenvalue weighted by Gasteiger charge is 2.30. The van der Waals surface area contributed by atoms with Gasteiger partial charge in [-0.1, -0.05) is 65.2 Å². The Morgan fingerprint density at radius 2 is 1.66 bits per heavy atom. The minimum atomic E-state index is -0.289. The third-order valence-electron chi connectivity index (χ3n) is 6.19. The van der Waals surface area contributed by atoms with Gasteiger partial charge in [-0.25, -0.2) is 9.67 Å². The van der Waals surface area contributed by atoms with Gasteiger partial charge in [-0.05, 0) is 57.9 Å². The number of halogens is 2. The third kappa shape index (κ3) is 5.44. The largest absolute Gasteiger partial charge is 0.444 e. The fourth-order valence-corrected chi connectivity index (χ4v) is 4.41. The molecule has 0 saturated heterocycles. The molecule has 4 rings (SSSR count). The molecule has 0 aliphatic rings. The number of carbonyl (C=O) groups is 1. The molecule has 0 fully saturated rings. The zero-order valence-corrected chi connectivity index (χ0v) is 22.0. The third-order valence-corrected chi connectivity index (χ3v) is 6.83. The monoisotopic (exact) mass is 510 g/mol. The summed E-state index contributed by atoms with van der Waals surface area (Å²) in [6.45, 7) is 10.2. The van der Waals surface area contributed by atoms with Crippen LogP contribution in [0.25, 0.3) is 0 Å². The molecule has 182 valence electrons. The molecule has 2 heterocycles. The molecule has 6 nitrogen and oxygen atoms in total. The van der Waals surface area contributed by atoms with E-state index in [1.54, 1.807) is 16.5 Å². The number of benzene rings is 2. The van der Waals surface area contributed by atoms with Crippen LogP contribution in [0.4, 0.5) is 0 Å². The summed E-state index contributed by atoms with van der Waals surface area (Å²) in [4.78, 5) is 20.2. The van der Waals surface area contributed by atoms with E-state index < -0.39 is 0 Å². The summed E-state index contributed by atoms with van der Waals surface area (Å²) in [6, 6.07) is 15.3. The smallest absolute Gasteiger partial charge is 0.259 e. The van der Waals surface area contributed by atoms with Crippen LogP contribution in [0.5, 0.6) is 0 Å². The number of hydrogen-bond donors (Lipinski definition) is 0. The number of rotatable bonds is 7. The van der Waals surface area contributed by atoms with E-state index in [1.807, 2.05) is 76.2 Å². The van der Waals surface area contributed by atoms with Gasteiger partial charge in [-0.3, -0.25) is 4.79 Å². The van der Waals surface area contributed by atoms with E-state index in [9.17, 15) is 4.79 Å². The molecule has 2 aromatic carbocycles. The van der Waals surface area contributed by atoms with E-state index in [4.69, 9.17) is 27.6 Å². The quantitative estimate of drug-likeness (QED) is 0.272. The average molecular weight is 511 g/mol. The van der Waals surface area contributed by atoms with Gasteiger partial charge in [0.1, 0.15) is 10.9 Å². The van der Waals surface area contributed by atoms with Crippen molar-refractivity contribution >= 4 is 29.1 Å². The molecule has 0 bridgehead atoms. The van der Waals surface area contributed by atoms with Crippen LogP contribution in [-0.2, 0) is 13.1 Å². The van der Waals surface area contributed by atoms with Gasteiger partial charge in [-0.15, -0.1) is 0 Å². The molecule has 0 aliphatic carbocycles. The van der Waals surface area contributed by atoms with Crippen molar-refractivity contribution in [1.29, 1.82) is 0 Å². The van der Waals surface area contributed by atoms with Crippen molar-refractivity contribution in [3.8, 4) is 0 Å². The number of aromatic nitrogens is 3. The molecule has 0 aliphatic heterocycles. The molecule has 1 atom stereocenters. The number of hydrogen-bond acceptors (Lipinski definition) is 4. The van der Waals surface area contributed by atoms with Crippen LogP contribution >= 0.6 is 23.2 Å².